The molecule has 19 heavy (non-hydrogen) atoms. The first-order chi connectivity index (χ1) is 9.22. The van der Waals surface area contributed by atoms with Crippen molar-refractivity contribution in [2.75, 3.05) is 6.61 Å². The summed E-state index contributed by atoms with van der Waals surface area (Å²) in [4.78, 5) is 16.7. The molecule has 0 spiro atoms. The van der Waals surface area contributed by atoms with Crippen LogP contribution in [0.25, 0.3) is 10.9 Å². The molecular weight excluding hydrogens is 238 g/mol. The van der Waals surface area contributed by atoms with Crippen LogP contribution in [0.3, 0.4) is 0 Å². The molecule has 0 N–H and O–H groups in total. The van der Waals surface area contributed by atoms with Gasteiger partial charge in [0, 0.05) is 5.39 Å². The smallest absolute Gasteiger partial charge is 0.357 e. The third-order valence-corrected chi connectivity index (χ3v) is 3.76. The highest BCUT2D eigenvalue weighted by molar-refractivity contribution is 5.96. The standard InChI is InChI=1S/C16H17NO2/c1-3-19-16(18)15-13-9-5-7-11(13)12-8-4-6-10(2)14(12)17-15/h4,6,8H,3,5,7,9H2,1-2H3. The third kappa shape index (κ3) is 1.89. The van der Waals surface area contributed by atoms with E-state index < -0.39 is 0 Å². The van der Waals surface area contributed by atoms with Crippen LogP contribution in [0.1, 0.15) is 40.5 Å². The molecule has 0 fully saturated rings. The number of para-hydroxylation sites is 1. The van der Waals surface area contributed by atoms with Gasteiger partial charge in [-0.05, 0) is 49.8 Å². The number of hydrogen-bond donors (Lipinski definition) is 0. The van der Waals surface area contributed by atoms with Crippen LogP contribution in [0.15, 0.2) is 18.2 Å². The molecule has 1 aliphatic carbocycles. The summed E-state index contributed by atoms with van der Waals surface area (Å²) < 4.78 is 5.14. The fourth-order valence-corrected chi connectivity index (χ4v) is 2.90. The van der Waals surface area contributed by atoms with E-state index in [2.05, 4.69) is 17.1 Å². The average molecular weight is 255 g/mol. The molecule has 0 bridgehead atoms. The number of fused-ring (bicyclic) bond motifs is 3. The van der Waals surface area contributed by atoms with Gasteiger partial charge in [-0.1, -0.05) is 18.2 Å². The van der Waals surface area contributed by atoms with E-state index in [0.29, 0.717) is 12.3 Å². The summed E-state index contributed by atoms with van der Waals surface area (Å²) in [6.45, 7) is 4.25. The number of ether oxygens (including phenoxy) is 1. The quantitative estimate of drug-likeness (QED) is 0.773. The summed E-state index contributed by atoms with van der Waals surface area (Å²) in [7, 11) is 0. The molecule has 98 valence electrons. The van der Waals surface area contributed by atoms with Crippen molar-refractivity contribution < 1.29 is 9.53 Å². The SMILES string of the molecule is CCOC(=O)c1nc2c(C)cccc2c2c1CCC2. The number of aromatic nitrogens is 1. The molecule has 0 amide bonds. The minimum absolute atomic E-state index is 0.286. The van der Waals surface area contributed by atoms with Crippen LogP contribution >= 0.6 is 0 Å². The number of carbonyl (C=O) groups is 1. The Balaban J connectivity index is 2.29. The predicted octanol–water partition coefficient (Wildman–Crippen LogP) is 3.21. The predicted molar refractivity (Wildman–Crippen MR) is 74.5 cm³/mol. The van der Waals surface area contributed by atoms with Gasteiger partial charge in [0.15, 0.2) is 5.69 Å². The van der Waals surface area contributed by atoms with Crippen molar-refractivity contribution in [3.63, 3.8) is 0 Å². The molecule has 3 nitrogen and oxygen atoms in total. The van der Waals surface area contributed by atoms with Gasteiger partial charge in [-0.3, -0.25) is 0 Å². The van der Waals surface area contributed by atoms with Crippen LogP contribution in [0.2, 0.25) is 0 Å². The highest BCUT2D eigenvalue weighted by atomic mass is 16.5. The van der Waals surface area contributed by atoms with Gasteiger partial charge in [-0.2, -0.15) is 0 Å². The summed E-state index contributed by atoms with van der Waals surface area (Å²) >= 11 is 0. The van der Waals surface area contributed by atoms with Crippen LogP contribution in [-0.4, -0.2) is 17.6 Å². The van der Waals surface area contributed by atoms with E-state index in [4.69, 9.17) is 4.74 Å². The van der Waals surface area contributed by atoms with Crippen LogP contribution in [0.5, 0.6) is 0 Å². The van der Waals surface area contributed by atoms with Gasteiger partial charge < -0.3 is 4.74 Å². The van der Waals surface area contributed by atoms with E-state index in [1.165, 1.54) is 10.9 Å². The maximum absolute atomic E-state index is 12.1. The molecule has 0 aliphatic heterocycles. The lowest BCUT2D eigenvalue weighted by Crippen LogP contribution is -2.11. The van der Waals surface area contributed by atoms with Crippen LogP contribution in [0, 0.1) is 6.92 Å². The van der Waals surface area contributed by atoms with E-state index in [1.54, 1.807) is 0 Å². The summed E-state index contributed by atoms with van der Waals surface area (Å²) in [5.41, 5.74) is 4.95. The number of aryl methyl sites for hydroxylation is 2. The first kappa shape index (κ1) is 12.2. The van der Waals surface area contributed by atoms with E-state index in [9.17, 15) is 4.79 Å². The minimum atomic E-state index is -0.286. The Hall–Kier alpha value is -1.90. The second kappa shape index (κ2) is 4.65. The van der Waals surface area contributed by atoms with E-state index in [1.807, 2.05) is 19.9 Å². The Morgan fingerprint density at radius 2 is 2.11 bits per heavy atom. The number of rotatable bonds is 2. The fourth-order valence-electron chi connectivity index (χ4n) is 2.90. The zero-order valence-electron chi connectivity index (χ0n) is 11.3. The summed E-state index contributed by atoms with van der Waals surface area (Å²) in [5, 5.41) is 1.19. The lowest BCUT2D eigenvalue weighted by molar-refractivity contribution is 0.0518. The zero-order valence-corrected chi connectivity index (χ0v) is 11.3. The first-order valence-electron chi connectivity index (χ1n) is 6.80. The van der Waals surface area contributed by atoms with Crippen LogP contribution in [0.4, 0.5) is 0 Å². The highest BCUT2D eigenvalue weighted by Crippen LogP contribution is 2.32. The highest BCUT2D eigenvalue weighted by Gasteiger charge is 2.24. The van der Waals surface area contributed by atoms with Crippen molar-refractivity contribution >= 4 is 16.9 Å². The molecule has 0 unspecified atom stereocenters. The number of carbonyl (C=O) groups excluding carboxylic acids is 1. The van der Waals surface area contributed by atoms with E-state index in [-0.39, 0.29) is 5.97 Å². The number of pyridine rings is 1. The first-order valence-corrected chi connectivity index (χ1v) is 6.80. The van der Waals surface area contributed by atoms with Crippen molar-refractivity contribution in [2.45, 2.75) is 33.1 Å². The second-order valence-electron chi connectivity index (χ2n) is 4.96. The molecule has 3 heteroatoms. The molecule has 0 atom stereocenters. The molecule has 3 rings (SSSR count). The Morgan fingerprint density at radius 3 is 2.89 bits per heavy atom. The lowest BCUT2D eigenvalue weighted by Gasteiger charge is -2.11. The molecule has 1 aliphatic rings. The Morgan fingerprint density at radius 1 is 1.32 bits per heavy atom. The minimum Gasteiger partial charge on any atom is -0.461 e. The Bertz CT molecular complexity index is 661. The fraction of sp³-hybridized carbons (Fsp3) is 0.375. The number of hydrogen-bond acceptors (Lipinski definition) is 3. The third-order valence-electron chi connectivity index (χ3n) is 3.76. The molecule has 0 saturated carbocycles. The Labute approximate surface area is 112 Å². The van der Waals surface area contributed by atoms with E-state index in [0.717, 1.165) is 35.9 Å². The van der Waals surface area contributed by atoms with Gasteiger partial charge in [-0.15, -0.1) is 0 Å². The number of benzene rings is 1. The second-order valence-corrected chi connectivity index (χ2v) is 4.96. The van der Waals surface area contributed by atoms with Crippen molar-refractivity contribution in [3.05, 3.63) is 40.6 Å². The topological polar surface area (TPSA) is 39.2 Å². The summed E-state index contributed by atoms with van der Waals surface area (Å²) in [6.07, 6.45) is 3.06. The molecule has 1 aromatic heterocycles. The molecule has 0 radical (unpaired) electrons. The monoisotopic (exact) mass is 255 g/mol. The number of esters is 1. The van der Waals surface area contributed by atoms with Crippen molar-refractivity contribution in [1.82, 2.24) is 4.98 Å². The average Bonchev–Trinajstić information content (AvgIpc) is 2.88. The molecular formula is C16H17NO2. The maximum Gasteiger partial charge on any atom is 0.357 e. The van der Waals surface area contributed by atoms with Crippen molar-refractivity contribution in [3.8, 4) is 0 Å². The van der Waals surface area contributed by atoms with Gasteiger partial charge in [0.05, 0.1) is 12.1 Å². The summed E-state index contributed by atoms with van der Waals surface area (Å²) in [6, 6.07) is 6.20. The van der Waals surface area contributed by atoms with Crippen LogP contribution < -0.4 is 0 Å². The maximum atomic E-state index is 12.1. The largest absolute Gasteiger partial charge is 0.461 e. The van der Waals surface area contributed by atoms with Crippen molar-refractivity contribution in [2.24, 2.45) is 0 Å². The molecule has 1 heterocycles. The Kier molecular flexibility index (Phi) is 2.97. The van der Waals surface area contributed by atoms with Crippen molar-refractivity contribution in [1.29, 1.82) is 0 Å². The molecule has 1 aromatic carbocycles. The normalized spacial score (nSPS) is 13.6. The summed E-state index contributed by atoms with van der Waals surface area (Å²) in [5.74, 6) is -0.286. The lowest BCUT2D eigenvalue weighted by atomic mass is 10.0. The molecule has 0 saturated heterocycles. The zero-order chi connectivity index (χ0) is 13.4. The van der Waals surface area contributed by atoms with Gasteiger partial charge >= 0.3 is 5.97 Å². The van der Waals surface area contributed by atoms with Gasteiger partial charge in [0.25, 0.3) is 0 Å². The van der Waals surface area contributed by atoms with E-state index >= 15 is 0 Å². The van der Waals surface area contributed by atoms with Gasteiger partial charge in [0.1, 0.15) is 0 Å². The van der Waals surface area contributed by atoms with Crippen LogP contribution in [-0.2, 0) is 17.6 Å². The number of nitrogens with zero attached hydrogens (tertiary/aromatic N) is 1. The molecule has 2 aromatic rings. The van der Waals surface area contributed by atoms with Gasteiger partial charge in [0.2, 0.25) is 0 Å². The van der Waals surface area contributed by atoms with Gasteiger partial charge in [-0.25, -0.2) is 9.78 Å².